The number of halogens is 3. The first kappa shape index (κ1) is 22.1. The highest BCUT2D eigenvalue weighted by atomic mass is 19.4. The summed E-state index contributed by atoms with van der Waals surface area (Å²) in [4.78, 5) is 20.3. The minimum Gasteiger partial charge on any atom is -0.374 e. The van der Waals surface area contributed by atoms with Gasteiger partial charge in [-0.1, -0.05) is 6.92 Å². The second kappa shape index (κ2) is 8.63. The van der Waals surface area contributed by atoms with Crippen LogP contribution in [0.25, 0.3) is 0 Å². The Bertz CT molecular complexity index is 700. The molecule has 2 saturated heterocycles. The van der Waals surface area contributed by atoms with Crippen molar-refractivity contribution in [3.63, 3.8) is 0 Å². The first-order chi connectivity index (χ1) is 13.6. The fraction of sp³-hybridized carbons (Fsp3) is 0.800. The van der Waals surface area contributed by atoms with E-state index < -0.39 is 29.9 Å². The number of rotatable bonds is 5. The normalized spacial score (nSPS) is 24.5. The van der Waals surface area contributed by atoms with Gasteiger partial charge >= 0.3 is 6.18 Å². The number of carbonyl (C=O) groups excluding carboxylic acids is 1. The number of aliphatic hydroxyl groups is 1. The fourth-order valence-corrected chi connectivity index (χ4v) is 4.45. The molecule has 3 rings (SSSR count). The number of likely N-dealkylation sites (tertiary alicyclic amines) is 2. The predicted molar refractivity (Wildman–Crippen MR) is 102 cm³/mol. The van der Waals surface area contributed by atoms with Crippen LogP contribution in [0.3, 0.4) is 0 Å². The number of alkyl halides is 3. The van der Waals surface area contributed by atoms with Crippen molar-refractivity contribution in [3.8, 4) is 0 Å². The number of piperidine rings is 2. The molecule has 29 heavy (non-hydrogen) atoms. The van der Waals surface area contributed by atoms with E-state index in [1.54, 1.807) is 0 Å². The van der Waals surface area contributed by atoms with Crippen molar-refractivity contribution in [2.24, 2.45) is 18.9 Å². The van der Waals surface area contributed by atoms with Gasteiger partial charge in [-0.05, 0) is 50.6 Å². The summed E-state index contributed by atoms with van der Waals surface area (Å²) in [6.45, 7) is 6.08. The number of nitrogens with zero attached hydrogens (tertiary/aromatic N) is 4. The molecule has 0 radical (unpaired) electrons. The van der Waals surface area contributed by atoms with Crippen molar-refractivity contribution >= 4 is 5.91 Å². The van der Waals surface area contributed by atoms with Gasteiger partial charge in [0.25, 0.3) is 0 Å². The fourth-order valence-electron chi connectivity index (χ4n) is 4.45. The first-order valence-electron chi connectivity index (χ1n) is 10.4. The lowest BCUT2D eigenvalue weighted by Gasteiger charge is -2.39. The molecule has 0 saturated carbocycles. The van der Waals surface area contributed by atoms with Gasteiger partial charge in [0.15, 0.2) is 5.82 Å². The highest BCUT2D eigenvalue weighted by Crippen LogP contribution is 2.41. The van der Waals surface area contributed by atoms with Crippen molar-refractivity contribution in [2.45, 2.75) is 50.8 Å². The van der Waals surface area contributed by atoms with Crippen LogP contribution in [0.5, 0.6) is 0 Å². The predicted octanol–water partition coefficient (Wildman–Crippen LogP) is 2.53. The third-order valence-corrected chi connectivity index (χ3v) is 6.33. The van der Waals surface area contributed by atoms with Gasteiger partial charge in [-0.15, -0.1) is 0 Å². The molecule has 0 aromatic carbocycles. The molecule has 2 atom stereocenters. The summed E-state index contributed by atoms with van der Waals surface area (Å²) in [6.07, 6.45) is 0.540. The van der Waals surface area contributed by atoms with Gasteiger partial charge in [-0.2, -0.15) is 13.2 Å². The molecule has 0 spiro atoms. The van der Waals surface area contributed by atoms with Crippen molar-refractivity contribution in [3.05, 3.63) is 18.2 Å². The molecule has 6 nitrogen and oxygen atoms in total. The van der Waals surface area contributed by atoms with Crippen LogP contribution in [0.2, 0.25) is 0 Å². The van der Waals surface area contributed by atoms with E-state index in [9.17, 15) is 23.1 Å². The number of amides is 1. The summed E-state index contributed by atoms with van der Waals surface area (Å²) in [5.74, 6) is -0.241. The van der Waals surface area contributed by atoms with E-state index in [1.165, 1.54) is 24.3 Å². The van der Waals surface area contributed by atoms with Crippen LogP contribution in [0.4, 0.5) is 13.2 Å². The van der Waals surface area contributed by atoms with E-state index in [0.29, 0.717) is 13.1 Å². The Labute approximate surface area is 169 Å². The molecule has 1 aromatic heterocycles. The number of aryl methyl sites for hydroxylation is 1. The Morgan fingerprint density at radius 2 is 1.93 bits per heavy atom. The van der Waals surface area contributed by atoms with Crippen LogP contribution >= 0.6 is 0 Å². The van der Waals surface area contributed by atoms with Gasteiger partial charge < -0.3 is 19.5 Å². The monoisotopic (exact) mass is 416 g/mol. The Morgan fingerprint density at radius 3 is 2.52 bits per heavy atom. The van der Waals surface area contributed by atoms with Crippen LogP contribution in [-0.4, -0.2) is 69.3 Å². The maximum Gasteiger partial charge on any atom is 0.425 e. The van der Waals surface area contributed by atoms with Crippen molar-refractivity contribution in [1.82, 2.24) is 19.4 Å². The average Bonchev–Trinajstić information content (AvgIpc) is 3.09. The zero-order chi connectivity index (χ0) is 21.2. The molecule has 1 amide bonds. The summed E-state index contributed by atoms with van der Waals surface area (Å²) < 4.78 is 42.2. The van der Waals surface area contributed by atoms with Gasteiger partial charge in [0, 0.05) is 39.1 Å². The maximum atomic E-state index is 13.7. The zero-order valence-electron chi connectivity index (χ0n) is 17.2. The second-order valence-electron chi connectivity index (χ2n) is 8.73. The van der Waals surface area contributed by atoms with E-state index in [2.05, 4.69) is 16.8 Å². The van der Waals surface area contributed by atoms with Crippen LogP contribution in [0.15, 0.2) is 12.4 Å². The number of hydrogen-bond donors (Lipinski definition) is 1. The Morgan fingerprint density at radius 1 is 1.24 bits per heavy atom. The minimum absolute atomic E-state index is 0.258. The molecule has 2 aliphatic heterocycles. The first-order valence-corrected chi connectivity index (χ1v) is 10.4. The summed E-state index contributed by atoms with van der Waals surface area (Å²) >= 11 is 0. The summed E-state index contributed by atoms with van der Waals surface area (Å²) in [5.41, 5.74) is -3.29. The van der Waals surface area contributed by atoms with E-state index >= 15 is 0 Å². The topological polar surface area (TPSA) is 61.6 Å². The Balaban J connectivity index is 1.65. The molecule has 0 aliphatic carbocycles. The summed E-state index contributed by atoms with van der Waals surface area (Å²) in [5, 5.41) is 10.5. The molecule has 2 fully saturated rings. The molecule has 1 N–H and O–H groups in total. The van der Waals surface area contributed by atoms with E-state index in [1.807, 2.05) is 0 Å². The lowest BCUT2D eigenvalue weighted by molar-refractivity contribution is -0.272. The van der Waals surface area contributed by atoms with E-state index in [-0.39, 0.29) is 5.92 Å². The Kier molecular flexibility index (Phi) is 6.57. The maximum absolute atomic E-state index is 13.7. The van der Waals surface area contributed by atoms with Crippen molar-refractivity contribution in [1.29, 1.82) is 0 Å². The third-order valence-electron chi connectivity index (χ3n) is 6.33. The van der Waals surface area contributed by atoms with Gasteiger partial charge in [-0.3, -0.25) is 4.79 Å². The van der Waals surface area contributed by atoms with Crippen LogP contribution in [0.1, 0.15) is 44.9 Å². The number of aromatic nitrogens is 2. The summed E-state index contributed by atoms with van der Waals surface area (Å²) in [7, 11) is 1.37. The molecule has 3 heterocycles. The van der Waals surface area contributed by atoms with Crippen molar-refractivity contribution < 1.29 is 23.1 Å². The highest BCUT2D eigenvalue weighted by Gasteiger charge is 2.59. The average molecular weight is 416 g/mol. The van der Waals surface area contributed by atoms with Crippen LogP contribution in [-0.2, 0) is 17.4 Å². The van der Waals surface area contributed by atoms with Crippen LogP contribution in [0, 0.1) is 11.8 Å². The molecular formula is C20H31F3N4O2. The molecule has 0 bridgehead atoms. The third kappa shape index (κ3) is 4.94. The Hall–Kier alpha value is -1.61. The highest BCUT2D eigenvalue weighted by molar-refractivity contribution is 5.77. The SMILES string of the molecule is CC1CCN(CC2CCCN(C(=O)CC(O)(c3nccn3C)C(F)(F)F)C2)CC1. The van der Waals surface area contributed by atoms with Crippen LogP contribution < -0.4 is 0 Å². The number of carbonyl (C=O) groups is 1. The van der Waals surface area contributed by atoms with E-state index in [0.717, 1.165) is 55.8 Å². The van der Waals surface area contributed by atoms with Gasteiger partial charge in [0.1, 0.15) is 0 Å². The molecule has 1 aromatic rings. The zero-order valence-corrected chi connectivity index (χ0v) is 17.2. The molecule has 164 valence electrons. The van der Waals surface area contributed by atoms with Gasteiger partial charge in [-0.25, -0.2) is 4.98 Å². The molecule has 9 heteroatoms. The largest absolute Gasteiger partial charge is 0.425 e. The van der Waals surface area contributed by atoms with Gasteiger partial charge in [0.2, 0.25) is 11.5 Å². The number of hydrogen-bond acceptors (Lipinski definition) is 4. The molecule has 2 aliphatic rings. The van der Waals surface area contributed by atoms with Gasteiger partial charge in [0.05, 0.1) is 6.42 Å². The number of imidazole rings is 1. The summed E-state index contributed by atoms with van der Waals surface area (Å²) in [6, 6.07) is 0. The smallest absolute Gasteiger partial charge is 0.374 e. The molecule has 2 unspecified atom stereocenters. The standard InChI is InChI=1S/C20H31F3N4O2/c1-15-5-9-26(10-6-15)13-16-4-3-8-27(14-16)17(28)12-19(29,20(21,22)23)18-24-7-11-25(18)2/h7,11,15-16,29H,3-6,8-10,12-14H2,1-2H3. The van der Waals surface area contributed by atoms with Crippen molar-refractivity contribution in [2.75, 3.05) is 32.7 Å². The van der Waals surface area contributed by atoms with E-state index in [4.69, 9.17) is 0 Å². The molecular weight excluding hydrogens is 385 g/mol. The lowest BCUT2D eigenvalue weighted by Crippen LogP contribution is -2.51. The lowest BCUT2D eigenvalue weighted by atomic mass is 9.92. The second-order valence-corrected chi connectivity index (χ2v) is 8.73. The minimum atomic E-state index is -5.00. The quantitative estimate of drug-likeness (QED) is 0.801.